The molecule has 88 heavy (non-hydrogen) atoms. The number of rotatable bonds is 56. The number of hydrogen-bond acceptors (Lipinski definition) is 18. The van der Waals surface area contributed by atoms with Crippen molar-refractivity contribution in [1.82, 2.24) is 5.32 Å². The van der Waals surface area contributed by atoms with E-state index >= 15 is 0 Å². The van der Waals surface area contributed by atoms with Crippen LogP contribution in [0.4, 0.5) is 0 Å². The Labute approximate surface area is 531 Å². The SMILES string of the molecule is CCCCCCCCCCCCCCCCCCCCCCCCCCCCCCCC/C=C/C(O)C(COC1OC(CO)C(OC2OC(CO)C(OC3OC(CO)C(O)C(O)C3O)C(O)C2O)C(O)C1O)NC(=O)CCCCCCCCCCCCC. The molecule has 3 saturated heterocycles. The largest absolute Gasteiger partial charge is 0.394 e. The van der Waals surface area contributed by atoms with Crippen LogP contribution in [0.25, 0.3) is 0 Å². The van der Waals surface area contributed by atoms with Gasteiger partial charge in [-0.1, -0.05) is 276 Å². The second-order valence-electron chi connectivity index (χ2n) is 26.1. The van der Waals surface area contributed by atoms with E-state index in [9.17, 15) is 61.0 Å². The number of aliphatic hydroxyl groups excluding tert-OH is 11. The third kappa shape index (κ3) is 33.6. The van der Waals surface area contributed by atoms with Crippen molar-refractivity contribution in [2.45, 2.75) is 394 Å². The van der Waals surface area contributed by atoms with Gasteiger partial charge in [0.15, 0.2) is 18.9 Å². The number of carbonyl (C=O) groups excluding carboxylic acids is 1. The van der Waals surface area contributed by atoms with E-state index in [0.29, 0.717) is 6.42 Å². The Bertz CT molecular complexity index is 1650. The predicted octanol–water partition coefficient (Wildman–Crippen LogP) is 9.67. The van der Waals surface area contributed by atoms with Crippen LogP contribution in [0.1, 0.15) is 290 Å². The minimum atomic E-state index is -1.98. The Hall–Kier alpha value is -1.47. The fourth-order valence-corrected chi connectivity index (χ4v) is 12.5. The van der Waals surface area contributed by atoms with Gasteiger partial charge in [0.2, 0.25) is 5.91 Å². The second kappa shape index (κ2) is 51.9. The molecule has 3 heterocycles. The van der Waals surface area contributed by atoms with Gasteiger partial charge >= 0.3 is 0 Å². The maximum absolute atomic E-state index is 13.3. The Morgan fingerprint density at radius 3 is 1.07 bits per heavy atom. The van der Waals surface area contributed by atoms with Crippen LogP contribution in [-0.2, 0) is 33.2 Å². The minimum Gasteiger partial charge on any atom is -0.394 e. The molecule has 3 rings (SSSR count). The quantitative estimate of drug-likeness (QED) is 0.0199. The first-order valence-corrected chi connectivity index (χ1v) is 35.9. The number of hydrogen-bond donors (Lipinski definition) is 12. The highest BCUT2D eigenvalue weighted by Gasteiger charge is 2.53. The van der Waals surface area contributed by atoms with Gasteiger partial charge in [-0.15, -0.1) is 0 Å². The fourth-order valence-electron chi connectivity index (χ4n) is 12.5. The van der Waals surface area contributed by atoms with E-state index in [1.54, 1.807) is 6.08 Å². The Morgan fingerprint density at radius 2 is 0.705 bits per heavy atom. The number of carbonyl (C=O) groups is 1. The van der Waals surface area contributed by atoms with Gasteiger partial charge in [0.25, 0.3) is 0 Å². The molecule has 17 unspecified atom stereocenters. The van der Waals surface area contributed by atoms with Crippen molar-refractivity contribution in [3.05, 3.63) is 12.2 Å². The van der Waals surface area contributed by atoms with Crippen molar-refractivity contribution < 1.29 is 89.4 Å². The zero-order chi connectivity index (χ0) is 64.0. The van der Waals surface area contributed by atoms with Gasteiger partial charge in [-0.05, 0) is 19.3 Å². The summed E-state index contributed by atoms with van der Waals surface area (Å²) in [4.78, 5) is 13.3. The van der Waals surface area contributed by atoms with Crippen molar-refractivity contribution >= 4 is 5.91 Å². The lowest BCUT2D eigenvalue weighted by molar-refractivity contribution is -0.379. The molecule has 19 heteroatoms. The van der Waals surface area contributed by atoms with Crippen molar-refractivity contribution in [2.75, 3.05) is 26.4 Å². The van der Waals surface area contributed by atoms with Crippen LogP contribution in [0.15, 0.2) is 12.2 Å². The summed E-state index contributed by atoms with van der Waals surface area (Å²) in [6.45, 7) is 1.75. The molecule has 3 aliphatic rings. The van der Waals surface area contributed by atoms with E-state index in [0.717, 1.165) is 44.9 Å². The summed E-state index contributed by atoms with van der Waals surface area (Å²) < 4.78 is 34.3. The third-order valence-electron chi connectivity index (χ3n) is 18.3. The maximum Gasteiger partial charge on any atom is 0.220 e. The van der Waals surface area contributed by atoms with Crippen LogP contribution in [-0.4, -0.2) is 193 Å². The van der Waals surface area contributed by atoms with Crippen LogP contribution in [0.5, 0.6) is 0 Å². The summed E-state index contributed by atoms with van der Waals surface area (Å²) in [6.07, 6.45) is 30.8. The van der Waals surface area contributed by atoms with E-state index in [2.05, 4.69) is 19.2 Å². The normalized spacial score (nSPS) is 28.4. The Kier molecular flexibility index (Phi) is 47.6. The predicted molar refractivity (Wildman–Crippen MR) is 342 cm³/mol. The zero-order valence-corrected chi connectivity index (χ0v) is 55.0. The molecule has 0 aromatic heterocycles. The molecule has 3 aliphatic heterocycles. The molecule has 17 atom stereocenters. The van der Waals surface area contributed by atoms with Gasteiger partial charge in [0.05, 0.1) is 38.6 Å². The van der Waals surface area contributed by atoms with Gasteiger partial charge in [0.1, 0.15) is 73.2 Å². The minimum absolute atomic E-state index is 0.248. The molecular formula is C69H131NO18. The lowest BCUT2D eigenvalue weighted by atomic mass is 9.96. The highest BCUT2D eigenvalue weighted by Crippen LogP contribution is 2.33. The zero-order valence-electron chi connectivity index (χ0n) is 55.0. The van der Waals surface area contributed by atoms with E-state index in [4.69, 9.17) is 28.4 Å². The van der Waals surface area contributed by atoms with E-state index in [1.807, 2.05) is 6.08 Å². The van der Waals surface area contributed by atoms with E-state index < -0.39 is 124 Å². The van der Waals surface area contributed by atoms with Crippen molar-refractivity contribution in [3.63, 3.8) is 0 Å². The molecule has 0 aromatic rings. The van der Waals surface area contributed by atoms with E-state index in [-0.39, 0.29) is 18.9 Å². The molecule has 0 radical (unpaired) electrons. The van der Waals surface area contributed by atoms with Gasteiger partial charge in [-0.25, -0.2) is 0 Å². The highest BCUT2D eigenvalue weighted by molar-refractivity contribution is 5.76. The molecule has 520 valence electrons. The van der Waals surface area contributed by atoms with Crippen molar-refractivity contribution in [1.29, 1.82) is 0 Å². The monoisotopic (exact) mass is 1260 g/mol. The van der Waals surface area contributed by atoms with Gasteiger partial charge in [-0.2, -0.15) is 0 Å². The summed E-state index contributed by atoms with van der Waals surface area (Å²) in [5, 5.41) is 120. The molecule has 0 aromatic carbocycles. The molecule has 3 fully saturated rings. The lowest BCUT2D eigenvalue weighted by Gasteiger charge is -2.48. The smallest absolute Gasteiger partial charge is 0.220 e. The fraction of sp³-hybridized carbons (Fsp3) is 0.957. The lowest BCUT2D eigenvalue weighted by Crippen LogP contribution is -2.66. The number of ether oxygens (including phenoxy) is 6. The average molecular weight is 1260 g/mol. The van der Waals surface area contributed by atoms with Crippen molar-refractivity contribution in [2.24, 2.45) is 0 Å². The summed E-state index contributed by atoms with van der Waals surface area (Å²) in [7, 11) is 0. The Morgan fingerprint density at radius 1 is 0.398 bits per heavy atom. The molecule has 0 bridgehead atoms. The molecule has 1 amide bonds. The van der Waals surface area contributed by atoms with Crippen LogP contribution in [0.2, 0.25) is 0 Å². The molecule has 0 saturated carbocycles. The first kappa shape index (κ1) is 80.8. The number of unbranched alkanes of at least 4 members (excludes halogenated alkanes) is 40. The number of allylic oxidation sites excluding steroid dienone is 1. The summed E-state index contributed by atoms with van der Waals surface area (Å²) in [6, 6.07) is -0.967. The van der Waals surface area contributed by atoms with E-state index in [1.165, 1.54) is 218 Å². The number of nitrogens with one attached hydrogen (secondary N) is 1. The van der Waals surface area contributed by atoms with Crippen LogP contribution in [0, 0.1) is 0 Å². The summed E-state index contributed by atoms with van der Waals surface area (Å²) in [5.74, 6) is -0.273. The van der Waals surface area contributed by atoms with Crippen LogP contribution < -0.4 is 5.32 Å². The van der Waals surface area contributed by atoms with Gasteiger partial charge in [-0.3, -0.25) is 4.79 Å². The van der Waals surface area contributed by atoms with Gasteiger partial charge < -0.3 is 89.9 Å². The standard InChI is InChI=1S/C69H131NO18/c1-3-5-7-9-11-13-15-16-17-18-19-20-21-22-23-24-25-26-27-28-29-30-31-32-33-34-35-37-38-40-42-44-46-53(74)52(70-57(75)47-45-43-41-39-36-14-12-10-8-6-4-2)51-83-67-63(81)60(78)65(55(49-72)85-67)88-69-64(82)61(79)66(56(50-73)86-69)87-68-62(80)59(77)58(76)54(48-71)84-68/h44,46,52-56,58-69,71-74,76-82H,3-43,45,47-51H2,1-2H3,(H,70,75)/b46-44+. The number of amides is 1. The molecule has 12 N–H and O–H groups in total. The first-order valence-electron chi connectivity index (χ1n) is 35.9. The van der Waals surface area contributed by atoms with Crippen LogP contribution in [0.3, 0.4) is 0 Å². The average Bonchev–Trinajstić information content (AvgIpc) is 2.44. The Balaban J connectivity index is 1.35. The second-order valence-corrected chi connectivity index (χ2v) is 26.1. The van der Waals surface area contributed by atoms with Crippen LogP contribution >= 0.6 is 0 Å². The first-order chi connectivity index (χ1) is 42.8. The molecule has 0 aliphatic carbocycles. The third-order valence-corrected chi connectivity index (χ3v) is 18.3. The molecular weight excluding hydrogens is 1130 g/mol. The molecule has 0 spiro atoms. The molecule has 19 nitrogen and oxygen atoms in total. The van der Waals surface area contributed by atoms with Crippen molar-refractivity contribution in [3.8, 4) is 0 Å². The topological polar surface area (TPSA) is 307 Å². The number of aliphatic hydroxyl groups is 11. The van der Waals surface area contributed by atoms with Gasteiger partial charge in [0, 0.05) is 6.42 Å². The summed E-state index contributed by atoms with van der Waals surface area (Å²) in [5.41, 5.74) is 0. The summed E-state index contributed by atoms with van der Waals surface area (Å²) >= 11 is 0. The highest BCUT2D eigenvalue weighted by atomic mass is 16.8. The maximum atomic E-state index is 13.3.